The van der Waals surface area contributed by atoms with Crippen molar-refractivity contribution < 1.29 is 14.6 Å². The Bertz CT molecular complexity index is 214. The van der Waals surface area contributed by atoms with Gasteiger partial charge >= 0.3 is 5.97 Å². The van der Waals surface area contributed by atoms with Crippen LogP contribution >= 0.6 is 0 Å². The van der Waals surface area contributed by atoms with Gasteiger partial charge in [0.15, 0.2) is 0 Å². The molecule has 0 atom stereocenters. The van der Waals surface area contributed by atoms with E-state index in [-0.39, 0.29) is 18.1 Å². The molecule has 0 heterocycles. The fraction of sp³-hybridized carbons (Fsp3) is 0.917. The number of rotatable bonds is 7. The molecule has 0 aromatic carbocycles. The first-order valence-electron chi connectivity index (χ1n) is 5.81. The van der Waals surface area contributed by atoms with Gasteiger partial charge in [-0.25, -0.2) is 0 Å². The lowest BCUT2D eigenvalue weighted by atomic mass is 9.89. The zero-order valence-electron chi connectivity index (χ0n) is 11.1. The quantitative estimate of drug-likeness (QED) is 0.649. The Hall–Kier alpha value is -0.610. The molecule has 2 N–H and O–H groups in total. The van der Waals surface area contributed by atoms with Gasteiger partial charge in [0.25, 0.3) is 0 Å². The van der Waals surface area contributed by atoms with E-state index in [1.54, 1.807) is 0 Å². The third-order valence-electron chi connectivity index (χ3n) is 3.30. The lowest BCUT2D eigenvalue weighted by Crippen LogP contribution is -2.52. The van der Waals surface area contributed by atoms with Gasteiger partial charge in [-0.15, -0.1) is 0 Å². The van der Waals surface area contributed by atoms with Crippen molar-refractivity contribution in [3.8, 4) is 0 Å². The number of carbonyl (C=O) groups excluding carboxylic acids is 1. The molecule has 0 fully saturated rings. The lowest BCUT2D eigenvalue weighted by molar-refractivity contribution is -0.150. The normalized spacial score (nSPS) is 12.6. The van der Waals surface area contributed by atoms with Crippen molar-refractivity contribution in [3.05, 3.63) is 0 Å². The van der Waals surface area contributed by atoms with Crippen molar-refractivity contribution in [2.45, 2.75) is 46.1 Å². The fourth-order valence-corrected chi connectivity index (χ4v) is 1.54. The average Bonchev–Trinajstić information content (AvgIpc) is 2.30. The van der Waals surface area contributed by atoms with Crippen LogP contribution in [0.3, 0.4) is 0 Å². The third-order valence-corrected chi connectivity index (χ3v) is 3.30. The van der Waals surface area contributed by atoms with Crippen LogP contribution < -0.4 is 5.32 Å². The van der Waals surface area contributed by atoms with E-state index in [0.29, 0.717) is 6.54 Å². The SMILES string of the molecule is CCC(CC)(CO)NCC(C)(C)C(=O)OC. The van der Waals surface area contributed by atoms with Gasteiger partial charge in [-0.1, -0.05) is 13.8 Å². The van der Waals surface area contributed by atoms with Crippen molar-refractivity contribution in [3.63, 3.8) is 0 Å². The van der Waals surface area contributed by atoms with E-state index >= 15 is 0 Å². The minimum Gasteiger partial charge on any atom is -0.469 e. The molecule has 0 unspecified atom stereocenters. The first kappa shape index (κ1) is 15.4. The molecule has 0 saturated carbocycles. The summed E-state index contributed by atoms with van der Waals surface area (Å²) in [5.74, 6) is -0.237. The molecule has 0 spiro atoms. The molecule has 96 valence electrons. The first-order chi connectivity index (χ1) is 7.37. The highest BCUT2D eigenvalue weighted by Crippen LogP contribution is 2.20. The minimum absolute atomic E-state index is 0.0806. The smallest absolute Gasteiger partial charge is 0.312 e. The van der Waals surface area contributed by atoms with Gasteiger partial charge in [0, 0.05) is 12.1 Å². The summed E-state index contributed by atoms with van der Waals surface area (Å²) >= 11 is 0. The molecule has 0 aliphatic carbocycles. The molecule has 0 aromatic rings. The Labute approximate surface area is 98.4 Å². The van der Waals surface area contributed by atoms with Crippen LogP contribution in [0, 0.1) is 5.41 Å². The second-order valence-corrected chi connectivity index (χ2v) is 4.87. The zero-order valence-corrected chi connectivity index (χ0v) is 11.1. The summed E-state index contributed by atoms with van der Waals surface area (Å²) in [5.41, 5.74) is -0.856. The number of aliphatic hydroxyl groups is 1. The van der Waals surface area contributed by atoms with Crippen LogP contribution in [0.5, 0.6) is 0 Å². The van der Waals surface area contributed by atoms with E-state index in [1.807, 2.05) is 27.7 Å². The molecule has 4 heteroatoms. The van der Waals surface area contributed by atoms with Gasteiger partial charge in [-0.05, 0) is 26.7 Å². The Morgan fingerprint density at radius 2 is 1.81 bits per heavy atom. The molecule has 0 aromatic heterocycles. The van der Waals surface area contributed by atoms with Crippen LogP contribution in [0.25, 0.3) is 0 Å². The summed E-state index contributed by atoms with van der Waals surface area (Å²) in [6, 6.07) is 0. The molecule has 16 heavy (non-hydrogen) atoms. The third kappa shape index (κ3) is 3.76. The molecule has 0 aliphatic rings. The number of esters is 1. The summed E-state index contributed by atoms with van der Waals surface area (Å²) < 4.78 is 4.74. The second-order valence-electron chi connectivity index (χ2n) is 4.87. The van der Waals surface area contributed by atoms with Crippen molar-refractivity contribution in [1.29, 1.82) is 0 Å². The molecular formula is C12H25NO3. The maximum atomic E-state index is 11.5. The van der Waals surface area contributed by atoms with E-state index < -0.39 is 5.41 Å². The largest absolute Gasteiger partial charge is 0.469 e. The van der Waals surface area contributed by atoms with E-state index in [0.717, 1.165) is 12.8 Å². The zero-order chi connectivity index (χ0) is 12.8. The summed E-state index contributed by atoms with van der Waals surface area (Å²) in [6.07, 6.45) is 1.66. The molecular weight excluding hydrogens is 206 g/mol. The van der Waals surface area contributed by atoms with Crippen molar-refractivity contribution in [2.24, 2.45) is 5.41 Å². The molecule has 0 rings (SSSR count). The summed E-state index contributed by atoms with van der Waals surface area (Å²) in [5, 5.41) is 12.7. The van der Waals surface area contributed by atoms with Crippen LogP contribution in [0.4, 0.5) is 0 Å². The topological polar surface area (TPSA) is 58.6 Å². The number of ether oxygens (including phenoxy) is 1. The number of hydrogen-bond donors (Lipinski definition) is 2. The molecule has 0 aliphatic heterocycles. The highest BCUT2D eigenvalue weighted by atomic mass is 16.5. The summed E-state index contributed by atoms with van der Waals surface area (Å²) in [6.45, 7) is 8.30. The van der Waals surface area contributed by atoms with Crippen molar-refractivity contribution >= 4 is 5.97 Å². The van der Waals surface area contributed by atoms with Crippen LogP contribution in [0.15, 0.2) is 0 Å². The molecule has 0 bridgehead atoms. The molecule has 0 amide bonds. The maximum Gasteiger partial charge on any atom is 0.312 e. The molecule has 0 radical (unpaired) electrons. The van der Waals surface area contributed by atoms with Gasteiger partial charge in [0.1, 0.15) is 0 Å². The van der Waals surface area contributed by atoms with E-state index in [9.17, 15) is 9.90 Å². The Morgan fingerprint density at radius 1 is 1.31 bits per heavy atom. The first-order valence-corrected chi connectivity index (χ1v) is 5.81. The Morgan fingerprint density at radius 3 is 2.12 bits per heavy atom. The minimum atomic E-state index is -0.570. The predicted octanol–water partition coefficient (Wildman–Crippen LogP) is 1.33. The van der Waals surface area contributed by atoms with Gasteiger partial charge in [0.05, 0.1) is 19.1 Å². The second kappa shape index (κ2) is 6.21. The average molecular weight is 231 g/mol. The van der Waals surface area contributed by atoms with Gasteiger partial charge in [-0.3, -0.25) is 4.79 Å². The van der Waals surface area contributed by atoms with E-state index in [1.165, 1.54) is 7.11 Å². The van der Waals surface area contributed by atoms with Crippen LogP contribution in [-0.2, 0) is 9.53 Å². The van der Waals surface area contributed by atoms with E-state index in [2.05, 4.69) is 5.32 Å². The maximum absolute atomic E-state index is 11.5. The number of aliphatic hydroxyl groups excluding tert-OH is 1. The standard InChI is InChI=1S/C12H25NO3/c1-6-12(7-2,9-14)13-8-11(3,4)10(15)16-5/h13-14H,6-9H2,1-5H3. The number of carbonyl (C=O) groups is 1. The van der Waals surface area contributed by atoms with Crippen molar-refractivity contribution in [2.75, 3.05) is 20.3 Å². The molecule has 4 nitrogen and oxygen atoms in total. The summed E-state index contributed by atoms with van der Waals surface area (Å²) in [7, 11) is 1.39. The van der Waals surface area contributed by atoms with Gasteiger partial charge in [0.2, 0.25) is 0 Å². The fourth-order valence-electron chi connectivity index (χ4n) is 1.54. The van der Waals surface area contributed by atoms with Gasteiger partial charge in [-0.2, -0.15) is 0 Å². The van der Waals surface area contributed by atoms with Crippen LogP contribution in [0.2, 0.25) is 0 Å². The Balaban J connectivity index is 4.46. The van der Waals surface area contributed by atoms with Gasteiger partial charge < -0.3 is 15.2 Å². The summed E-state index contributed by atoms with van der Waals surface area (Å²) in [4.78, 5) is 11.5. The number of methoxy groups -OCH3 is 1. The Kier molecular flexibility index (Phi) is 5.97. The highest BCUT2D eigenvalue weighted by Gasteiger charge is 2.33. The monoisotopic (exact) mass is 231 g/mol. The number of nitrogens with one attached hydrogen (secondary N) is 1. The van der Waals surface area contributed by atoms with Crippen LogP contribution in [-0.4, -0.2) is 36.9 Å². The van der Waals surface area contributed by atoms with Crippen LogP contribution in [0.1, 0.15) is 40.5 Å². The lowest BCUT2D eigenvalue weighted by Gasteiger charge is -2.34. The van der Waals surface area contributed by atoms with E-state index in [4.69, 9.17) is 4.74 Å². The van der Waals surface area contributed by atoms with Crippen molar-refractivity contribution in [1.82, 2.24) is 5.32 Å². The molecule has 0 saturated heterocycles. The number of hydrogen-bond acceptors (Lipinski definition) is 4. The predicted molar refractivity (Wildman–Crippen MR) is 64.2 cm³/mol. The highest BCUT2D eigenvalue weighted by molar-refractivity contribution is 5.76.